The summed E-state index contributed by atoms with van der Waals surface area (Å²) >= 11 is 1.24. The van der Waals surface area contributed by atoms with Crippen LogP contribution in [0.5, 0.6) is 0 Å². The van der Waals surface area contributed by atoms with Crippen LogP contribution in [-0.2, 0) is 4.79 Å². The molecule has 1 heterocycles. The molecule has 0 saturated carbocycles. The normalized spacial score (nSPS) is 11.1. The zero-order valence-electron chi connectivity index (χ0n) is 14.6. The number of anilines is 1. The van der Waals surface area contributed by atoms with Crippen LogP contribution in [-0.4, -0.2) is 11.7 Å². The molecule has 0 atom stereocenters. The molecule has 24 heavy (non-hydrogen) atoms. The van der Waals surface area contributed by atoms with Crippen molar-refractivity contribution in [2.75, 3.05) is 11.1 Å². The average molecular weight is 344 g/mol. The van der Waals surface area contributed by atoms with Crippen molar-refractivity contribution in [3.05, 3.63) is 58.9 Å². The summed E-state index contributed by atoms with van der Waals surface area (Å²) < 4.78 is 0.777. The third kappa shape index (κ3) is 4.51. The Bertz CT molecular complexity index is 688. The molecule has 0 saturated heterocycles. The third-order valence-corrected chi connectivity index (χ3v) is 4.80. The van der Waals surface area contributed by atoms with Crippen LogP contribution in [0.25, 0.3) is 0 Å². The number of para-hydroxylation sites is 1. The monoisotopic (exact) mass is 344 g/mol. The number of thioether (sulfide) groups is 1. The second-order valence-corrected chi connectivity index (χ2v) is 7.32. The number of carbonyl (C=O) groups is 1. The van der Waals surface area contributed by atoms with E-state index in [-0.39, 0.29) is 11.7 Å². The maximum atomic E-state index is 12.4. The van der Waals surface area contributed by atoms with Gasteiger partial charge in [-0.1, -0.05) is 45.9 Å². The molecule has 1 aromatic carbocycles. The van der Waals surface area contributed by atoms with Crippen LogP contribution < -0.4 is 10.0 Å². The lowest BCUT2D eigenvalue weighted by atomic mass is 9.92. The van der Waals surface area contributed by atoms with Gasteiger partial charge in [-0.25, -0.2) is 0 Å². The summed E-state index contributed by atoms with van der Waals surface area (Å²) in [6.07, 6.45) is 1.44. The fourth-order valence-electron chi connectivity index (χ4n) is 2.53. The molecule has 1 aromatic heterocycles. The third-order valence-electron chi connectivity index (χ3n) is 3.78. The van der Waals surface area contributed by atoms with Crippen molar-refractivity contribution in [3.63, 3.8) is 0 Å². The molecule has 0 unspecified atom stereocenters. The van der Waals surface area contributed by atoms with Gasteiger partial charge < -0.3 is 10.5 Å². The maximum Gasteiger partial charge on any atom is 0.251 e. The van der Waals surface area contributed by atoms with Gasteiger partial charge in [0.1, 0.15) is 0 Å². The molecule has 5 heteroatoms. The molecule has 0 aliphatic carbocycles. The van der Waals surface area contributed by atoms with Crippen molar-refractivity contribution >= 4 is 23.4 Å². The molecule has 0 aliphatic rings. The predicted molar refractivity (Wildman–Crippen MR) is 99.4 cm³/mol. The van der Waals surface area contributed by atoms with Gasteiger partial charge >= 0.3 is 0 Å². The first kappa shape index (κ1) is 18.3. The second-order valence-electron chi connectivity index (χ2n) is 6.32. The van der Waals surface area contributed by atoms with E-state index >= 15 is 0 Å². The van der Waals surface area contributed by atoms with Crippen LogP contribution in [0.3, 0.4) is 0 Å². The van der Waals surface area contributed by atoms with E-state index in [2.05, 4.69) is 45.1 Å². The SMILES string of the molecule is CC(C)c1cccc(C(C)C)c1NC(=O)CSc1cccc[n+]1[O-]. The Morgan fingerprint density at radius 3 is 2.25 bits per heavy atom. The van der Waals surface area contributed by atoms with E-state index in [1.54, 1.807) is 18.2 Å². The standard InChI is InChI=1S/C19H24N2O2S/c1-13(2)15-8-7-9-16(14(3)4)19(15)20-17(22)12-24-18-10-5-6-11-21(18)23/h5-11,13-14H,12H2,1-4H3,(H,20,22). The van der Waals surface area contributed by atoms with Crippen LogP contribution in [0, 0.1) is 5.21 Å². The van der Waals surface area contributed by atoms with Crippen LogP contribution in [0.2, 0.25) is 0 Å². The second kappa shape index (κ2) is 8.20. The summed E-state index contributed by atoms with van der Waals surface area (Å²) in [5.74, 6) is 0.754. The Hall–Kier alpha value is -2.01. The van der Waals surface area contributed by atoms with Crippen molar-refractivity contribution < 1.29 is 9.52 Å². The minimum Gasteiger partial charge on any atom is -0.618 e. The number of hydrogen-bond donors (Lipinski definition) is 1. The number of aromatic nitrogens is 1. The van der Waals surface area contributed by atoms with E-state index < -0.39 is 0 Å². The molecular formula is C19H24N2O2S. The molecule has 1 amide bonds. The quantitative estimate of drug-likeness (QED) is 0.483. The van der Waals surface area contributed by atoms with Crippen molar-refractivity contribution in [2.45, 2.75) is 44.6 Å². The number of rotatable bonds is 6. The van der Waals surface area contributed by atoms with Crippen molar-refractivity contribution in [1.82, 2.24) is 0 Å². The molecule has 1 N–H and O–H groups in total. The number of pyridine rings is 1. The molecule has 0 fully saturated rings. The number of nitrogens with zero attached hydrogens (tertiary/aromatic N) is 1. The fourth-order valence-corrected chi connectivity index (χ4v) is 3.25. The smallest absolute Gasteiger partial charge is 0.251 e. The van der Waals surface area contributed by atoms with E-state index in [9.17, 15) is 10.0 Å². The molecule has 0 spiro atoms. The van der Waals surface area contributed by atoms with Crippen LogP contribution >= 0.6 is 11.8 Å². The highest BCUT2D eigenvalue weighted by atomic mass is 32.2. The lowest BCUT2D eigenvalue weighted by Crippen LogP contribution is -2.28. The lowest BCUT2D eigenvalue weighted by molar-refractivity contribution is -0.645. The molecule has 2 aromatic rings. The summed E-state index contributed by atoms with van der Waals surface area (Å²) in [6, 6.07) is 11.3. The highest BCUT2D eigenvalue weighted by molar-refractivity contribution is 7.99. The Balaban J connectivity index is 2.15. The zero-order chi connectivity index (χ0) is 17.7. The number of nitrogens with one attached hydrogen (secondary N) is 1. The first-order valence-electron chi connectivity index (χ1n) is 8.13. The maximum absolute atomic E-state index is 12.4. The highest BCUT2D eigenvalue weighted by Gasteiger charge is 2.16. The zero-order valence-corrected chi connectivity index (χ0v) is 15.4. The van der Waals surface area contributed by atoms with Gasteiger partial charge in [-0.2, -0.15) is 4.73 Å². The summed E-state index contributed by atoms with van der Waals surface area (Å²) in [6.45, 7) is 8.48. The molecular weight excluding hydrogens is 320 g/mol. The van der Waals surface area contributed by atoms with Crippen LogP contribution in [0.1, 0.15) is 50.7 Å². The van der Waals surface area contributed by atoms with Gasteiger partial charge in [0.2, 0.25) is 5.91 Å². The molecule has 2 rings (SSSR count). The Labute approximate surface area is 147 Å². The van der Waals surface area contributed by atoms with Crippen LogP contribution in [0.4, 0.5) is 5.69 Å². The van der Waals surface area contributed by atoms with Gasteiger partial charge in [-0.05, 0) is 40.8 Å². The minimum absolute atomic E-state index is 0.0983. The van der Waals surface area contributed by atoms with E-state index in [1.165, 1.54) is 18.0 Å². The fraction of sp³-hybridized carbons (Fsp3) is 0.368. The van der Waals surface area contributed by atoms with E-state index in [4.69, 9.17) is 0 Å². The van der Waals surface area contributed by atoms with Crippen molar-refractivity contribution in [3.8, 4) is 0 Å². The van der Waals surface area contributed by atoms with Gasteiger partial charge in [0.25, 0.3) is 5.03 Å². The average Bonchev–Trinajstić information content (AvgIpc) is 2.53. The lowest BCUT2D eigenvalue weighted by Gasteiger charge is -2.20. The summed E-state index contributed by atoms with van der Waals surface area (Å²) in [4.78, 5) is 12.4. The highest BCUT2D eigenvalue weighted by Crippen LogP contribution is 2.32. The molecule has 0 bridgehead atoms. The summed E-state index contributed by atoms with van der Waals surface area (Å²) in [5.41, 5.74) is 3.19. The molecule has 128 valence electrons. The van der Waals surface area contributed by atoms with Gasteiger partial charge in [-0.3, -0.25) is 4.79 Å². The minimum atomic E-state index is -0.0983. The Kier molecular flexibility index (Phi) is 6.26. The van der Waals surface area contributed by atoms with E-state index in [0.29, 0.717) is 16.9 Å². The largest absolute Gasteiger partial charge is 0.618 e. The van der Waals surface area contributed by atoms with E-state index in [1.807, 2.05) is 6.07 Å². The number of hydrogen-bond acceptors (Lipinski definition) is 3. The van der Waals surface area contributed by atoms with Crippen LogP contribution in [0.15, 0.2) is 47.6 Å². The van der Waals surface area contributed by atoms with Gasteiger partial charge in [0, 0.05) is 17.8 Å². The number of carbonyl (C=O) groups excluding carboxylic acids is 1. The van der Waals surface area contributed by atoms with E-state index in [0.717, 1.165) is 21.5 Å². The first-order valence-corrected chi connectivity index (χ1v) is 9.12. The van der Waals surface area contributed by atoms with Gasteiger partial charge in [0.05, 0.1) is 5.75 Å². The summed E-state index contributed by atoms with van der Waals surface area (Å²) in [7, 11) is 0. The molecule has 0 aliphatic heterocycles. The Morgan fingerprint density at radius 2 is 1.71 bits per heavy atom. The molecule has 4 nitrogen and oxygen atoms in total. The number of amides is 1. The van der Waals surface area contributed by atoms with Crippen molar-refractivity contribution in [2.24, 2.45) is 0 Å². The summed E-state index contributed by atoms with van der Waals surface area (Å²) in [5, 5.41) is 15.2. The van der Waals surface area contributed by atoms with Gasteiger partial charge in [-0.15, -0.1) is 0 Å². The Morgan fingerprint density at radius 1 is 1.08 bits per heavy atom. The number of benzene rings is 1. The van der Waals surface area contributed by atoms with Crippen molar-refractivity contribution in [1.29, 1.82) is 0 Å². The topological polar surface area (TPSA) is 56.0 Å². The van der Waals surface area contributed by atoms with Gasteiger partial charge in [0.15, 0.2) is 6.20 Å². The molecule has 0 radical (unpaired) electrons. The predicted octanol–water partition coefficient (Wildman–Crippen LogP) is 4.30. The first-order chi connectivity index (χ1) is 11.4.